The molecule has 0 fully saturated rings. The van der Waals surface area contributed by atoms with E-state index >= 15 is 0 Å². The summed E-state index contributed by atoms with van der Waals surface area (Å²) in [6.07, 6.45) is 3.04. The molecule has 1 aliphatic heterocycles. The first-order chi connectivity index (χ1) is 10.3. The van der Waals surface area contributed by atoms with Crippen LogP contribution in [0.3, 0.4) is 0 Å². The van der Waals surface area contributed by atoms with Crippen molar-refractivity contribution in [2.75, 3.05) is 26.3 Å². The molecule has 0 unspecified atom stereocenters. The Morgan fingerprint density at radius 2 is 2.24 bits per heavy atom. The zero-order valence-electron chi connectivity index (χ0n) is 12.7. The van der Waals surface area contributed by atoms with E-state index in [0.717, 1.165) is 55.8 Å². The van der Waals surface area contributed by atoms with Gasteiger partial charge in [-0.05, 0) is 13.8 Å². The lowest BCUT2D eigenvalue weighted by Gasteiger charge is -2.04. The molecule has 0 radical (unpaired) electrons. The van der Waals surface area contributed by atoms with E-state index in [-0.39, 0.29) is 0 Å². The van der Waals surface area contributed by atoms with E-state index in [2.05, 4.69) is 26.2 Å². The molecule has 3 rings (SSSR count). The summed E-state index contributed by atoms with van der Waals surface area (Å²) < 4.78 is 9.52. The Labute approximate surface area is 124 Å². The van der Waals surface area contributed by atoms with Gasteiger partial charge in [-0.1, -0.05) is 0 Å². The zero-order chi connectivity index (χ0) is 14.7. The van der Waals surface area contributed by atoms with Crippen LogP contribution in [0.1, 0.15) is 18.6 Å². The van der Waals surface area contributed by atoms with Crippen LogP contribution >= 0.6 is 0 Å². The van der Waals surface area contributed by atoms with Crippen LogP contribution < -0.4 is 5.32 Å². The van der Waals surface area contributed by atoms with Crippen molar-refractivity contribution in [3.8, 4) is 11.5 Å². The molecule has 0 amide bonds. The van der Waals surface area contributed by atoms with Crippen LogP contribution in [0.25, 0.3) is 11.5 Å². The number of ether oxygens (including phenoxy) is 1. The maximum atomic E-state index is 5.41. The number of imidazole rings is 1. The molecule has 0 aliphatic carbocycles. The average Bonchev–Trinajstić information content (AvgIpc) is 2.96. The van der Waals surface area contributed by atoms with Gasteiger partial charge in [-0.15, -0.1) is 0 Å². The van der Waals surface area contributed by atoms with E-state index < -0.39 is 0 Å². The maximum absolute atomic E-state index is 5.41. The number of hydrogen-bond acceptors (Lipinski definition) is 5. The predicted octanol–water partition coefficient (Wildman–Crippen LogP) is 0.632. The number of aryl methyl sites for hydroxylation is 1. The zero-order valence-corrected chi connectivity index (χ0v) is 12.7. The van der Waals surface area contributed by atoms with Gasteiger partial charge in [0.05, 0.1) is 13.2 Å². The van der Waals surface area contributed by atoms with E-state index in [1.165, 1.54) is 0 Å². The molecule has 0 saturated carbocycles. The Balaban J connectivity index is 1.86. The summed E-state index contributed by atoms with van der Waals surface area (Å²) in [5.74, 6) is 2.72. The van der Waals surface area contributed by atoms with Crippen LogP contribution in [0, 0.1) is 6.92 Å². The normalized spacial score (nSPS) is 15.0. The maximum Gasteiger partial charge on any atom is 0.178 e. The first kappa shape index (κ1) is 14.2. The minimum atomic E-state index is 0.643. The lowest BCUT2D eigenvalue weighted by Crippen LogP contribution is -2.17. The fourth-order valence-electron chi connectivity index (χ4n) is 2.58. The summed E-state index contributed by atoms with van der Waals surface area (Å²) in [5, 5.41) is 7.83. The second-order valence-electron chi connectivity index (χ2n) is 5.14. The second-order valence-corrected chi connectivity index (χ2v) is 5.14. The van der Waals surface area contributed by atoms with Crippen molar-refractivity contribution in [3.63, 3.8) is 0 Å². The number of nitrogens with zero attached hydrogens (tertiary/aromatic N) is 5. The van der Waals surface area contributed by atoms with E-state index in [9.17, 15) is 0 Å². The fourth-order valence-corrected chi connectivity index (χ4v) is 2.58. The Bertz CT molecular complexity index is 579. The molecule has 1 aliphatic rings. The summed E-state index contributed by atoms with van der Waals surface area (Å²) in [5.41, 5.74) is 0.906. The Morgan fingerprint density at radius 3 is 3.10 bits per heavy atom. The predicted molar refractivity (Wildman–Crippen MR) is 79.0 cm³/mol. The van der Waals surface area contributed by atoms with E-state index in [1.54, 1.807) is 0 Å². The number of hydrogen-bond donors (Lipinski definition) is 1. The summed E-state index contributed by atoms with van der Waals surface area (Å²) in [6.45, 7) is 8.88. The highest BCUT2D eigenvalue weighted by molar-refractivity contribution is 5.48. The van der Waals surface area contributed by atoms with Gasteiger partial charge in [-0.3, -0.25) is 0 Å². The number of nitrogens with one attached hydrogen (secondary N) is 1. The Kier molecular flexibility index (Phi) is 4.31. The van der Waals surface area contributed by atoms with Crippen molar-refractivity contribution >= 4 is 0 Å². The summed E-state index contributed by atoms with van der Waals surface area (Å²) in [6, 6.07) is 0. The first-order valence-electron chi connectivity index (χ1n) is 7.54. The van der Waals surface area contributed by atoms with Crippen LogP contribution in [0.2, 0.25) is 0 Å². The Morgan fingerprint density at radius 1 is 1.33 bits per heavy atom. The van der Waals surface area contributed by atoms with E-state index in [1.807, 2.05) is 18.5 Å². The molecular formula is C14H22N6O. The minimum absolute atomic E-state index is 0.643. The molecule has 3 heterocycles. The van der Waals surface area contributed by atoms with Crippen LogP contribution in [0.5, 0.6) is 0 Å². The number of rotatable bonds is 5. The first-order valence-corrected chi connectivity index (χ1v) is 7.54. The van der Waals surface area contributed by atoms with E-state index in [4.69, 9.17) is 9.72 Å². The van der Waals surface area contributed by atoms with Crippen LogP contribution in [0.4, 0.5) is 0 Å². The van der Waals surface area contributed by atoms with Crippen molar-refractivity contribution < 1.29 is 4.74 Å². The molecular weight excluding hydrogens is 268 g/mol. The van der Waals surface area contributed by atoms with Gasteiger partial charge in [0.1, 0.15) is 17.3 Å². The molecule has 2 aromatic rings. The Hall–Kier alpha value is -1.73. The lowest BCUT2D eigenvalue weighted by atomic mass is 10.4. The topological polar surface area (TPSA) is 69.8 Å². The third kappa shape index (κ3) is 3.14. The molecule has 21 heavy (non-hydrogen) atoms. The molecule has 0 atom stereocenters. The largest absolute Gasteiger partial charge is 0.380 e. The monoisotopic (exact) mass is 290 g/mol. The smallest absolute Gasteiger partial charge is 0.178 e. The summed E-state index contributed by atoms with van der Waals surface area (Å²) in [4.78, 5) is 9.27. The SMILES string of the molecule is CCOCCn1nc(C)nc1-c1cn2c(n1)CCNCC2. The molecule has 0 spiro atoms. The van der Waals surface area contributed by atoms with Crippen LogP contribution in [-0.2, 0) is 24.2 Å². The summed E-state index contributed by atoms with van der Waals surface area (Å²) >= 11 is 0. The quantitative estimate of drug-likeness (QED) is 0.818. The standard InChI is InChI=1S/C14H22N6O/c1-3-21-9-8-20-14(16-11(2)18-20)12-10-19-7-6-15-5-4-13(19)17-12/h10,15H,3-9H2,1-2H3. The van der Waals surface area contributed by atoms with Crippen molar-refractivity contribution in [1.82, 2.24) is 29.6 Å². The van der Waals surface area contributed by atoms with Crippen LogP contribution in [0.15, 0.2) is 6.20 Å². The van der Waals surface area contributed by atoms with E-state index in [0.29, 0.717) is 13.2 Å². The van der Waals surface area contributed by atoms with Gasteiger partial charge < -0.3 is 14.6 Å². The van der Waals surface area contributed by atoms with Crippen molar-refractivity contribution in [3.05, 3.63) is 17.8 Å². The lowest BCUT2D eigenvalue weighted by molar-refractivity contribution is 0.136. The molecule has 114 valence electrons. The fraction of sp³-hybridized carbons (Fsp3) is 0.643. The third-order valence-corrected chi connectivity index (χ3v) is 3.57. The third-order valence-electron chi connectivity index (χ3n) is 3.57. The molecule has 2 aromatic heterocycles. The van der Waals surface area contributed by atoms with Gasteiger partial charge >= 0.3 is 0 Å². The molecule has 7 heteroatoms. The summed E-state index contributed by atoms with van der Waals surface area (Å²) in [7, 11) is 0. The van der Waals surface area contributed by atoms with Crippen LogP contribution in [-0.4, -0.2) is 50.6 Å². The number of fused-ring (bicyclic) bond motifs is 1. The minimum Gasteiger partial charge on any atom is -0.380 e. The van der Waals surface area contributed by atoms with Gasteiger partial charge in [-0.25, -0.2) is 14.6 Å². The highest BCUT2D eigenvalue weighted by Crippen LogP contribution is 2.18. The van der Waals surface area contributed by atoms with Gasteiger partial charge in [0.15, 0.2) is 5.82 Å². The molecule has 7 nitrogen and oxygen atoms in total. The highest BCUT2D eigenvalue weighted by Gasteiger charge is 2.17. The van der Waals surface area contributed by atoms with Gasteiger partial charge in [0.2, 0.25) is 0 Å². The molecule has 0 saturated heterocycles. The molecule has 1 N–H and O–H groups in total. The van der Waals surface area contributed by atoms with Gasteiger partial charge in [0.25, 0.3) is 0 Å². The molecule has 0 aromatic carbocycles. The molecule has 0 bridgehead atoms. The van der Waals surface area contributed by atoms with Crippen molar-refractivity contribution in [1.29, 1.82) is 0 Å². The van der Waals surface area contributed by atoms with Gasteiger partial charge in [0, 0.05) is 38.9 Å². The number of aromatic nitrogens is 5. The second kappa shape index (κ2) is 6.36. The van der Waals surface area contributed by atoms with Crippen molar-refractivity contribution in [2.24, 2.45) is 0 Å². The average molecular weight is 290 g/mol. The van der Waals surface area contributed by atoms with Gasteiger partial charge in [-0.2, -0.15) is 5.10 Å². The highest BCUT2D eigenvalue weighted by atomic mass is 16.5. The van der Waals surface area contributed by atoms with Crippen molar-refractivity contribution in [2.45, 2.75) is 33.4 Å².